The first-order valence-corrected chi connectivity index (χ1v) is 7.78. The molecule has 19 heavy (non-hydrogen) atoms. The van der Waals surface area contributed by atoms with Crippen LogP contribution in [0.15, 0.2) is 30.3 Å². The SMILES string of the molecule is CCCCCCCCC(CC(C)=O)c1ccccc1. The van der Waals surface area contributed by atoms with E-state index in [1.54, 1.807) is 6.92 Å². The lowest BCUT2D eigenvalue weighted by Crippen LogP contribution is -2.04. The Morgan fingerprint density at radius 3 is 2.26 bits per heavy atom. The molecule has 1 unspecified atom stereocenters. The Morgan fingerprint density at radius 2 is 1.63 bits per heavy atom. The van der Waals surface area contributed by atoms with Crippen molar-refractivity contribution in [1.29, 1.82) is 0 Å². The second-order valence-corrected chi connectivity index (χ2v) is 5.57. The first kappa shape index (κ1) is 15.9. The van der Waals surface area contributed by atoms with E-state index in [0.29, 0.717) is 18.1 Å². The molecule has 0 aliphatic heterocycles. The van der Waals surface area contributed by atoms with Gasteiger partial charge in [-0.15, -0.1) is 0 Å². The molecule has 0 saturated heterocycles. The third kappa shape index (κ3) is 7.15. The normalized spacial score (nSPS) is 12.3. The molecule has 1 aromatic rings. The van der Waals surface area contributed by atoms with Gasteiger partial charge < -0.3 is 4.79 Å². The van der Waals surface area contributed by atoms with Crippen molar-refractivity contribution >= 4 is 5.78 Å². The Hall–Kier alpha value is -1.11. The summed E-state index contributed by atoms with van der Waals surface area (Å²) in [7, 11) is 0. The molecule has 0 aromatic heterocycles. The van der Waals surface area contributed by atoms with Crippen LogP contribution in [0.3, 0.4) is 0 Å². The number of benzene rings is 1. The van der Waals surface area contributed by atoms with Crippen molar-refractivity contribution in [3.05, 3.63) is 35.9 Å². The topological polar surface area (TPSA) is 17.1 Å². The smallest absolute Gasteiger partial charge is 0.130 e. The first-order chi connectivity index (χ1) is 9.24. The molecule has 0 heterocycles. The monoisotopic (exact) mass is 260 g/mol. The average Bonchev–Trinajstić information content (AvgIpc) is 2.42. The van der Waals surface area contributed by atoms with E-state index in [4.69, 9.17) is 0 Å². The van der Waals surface area contributed by atoms with E-state index in [0.717, 1.165) is 6.42 Å². The molecule has 0 spiro atoms. The lowest BCUT2D eigenvalue weighted by atomic mass is 9.89. The predicted octanol–water partition coefficient (Wildman–Crippen LogP) is 5.50. The van der Waals surface area contributed by atoms with E-state index in [1.165, 1.54) is 44.1 Å². The number of carbonyl (C=O) groups excluding carboxylic acids is 1. The third-order valence-corrected chi connectivity index (χ3v) is 3.71. The summed E-state index contributed by atoms with van der Waals surface area (Å²) in [4.78, 5) is 11.4. The van der Waals surface area contributed by atoms with Crippen molar-refractivity contribution in [3.63, 3.8) is 0 Å². The van der Waals surface area contributed by atoms with E-state index >= 15 is 0 Å². The quantitative estimate of drug-likeness (QED) is 0.508. The van der Waals surface area contributed by atoms with Gasteiger partial charge in [-0.25, -0.2) is 0 Å². The van der Waals surface area contributed by atoms with Gasteiger partial charge in [0, 0.05) is 6.42 Å². The maximum absolute atomic E-state index is 11.4. The summed E-state index contributed by atoms with van der Waals surface area (Å²) in [6.07, 6.45) is 9.76. The van der Waals surface area contributed by atoms with Crippen molar-refractivity contribution in [2.45, 2.75) is 71.1 Å². The Morgan fingerprint density at radius 1 is 1.00 bits per heavy atom. The molecule has 0 saturated carbocycles. The van der Waals surface area contributed by atoms with Crippen molar-refractivity contribution in [3.8, 4) is 0 Å². The highest BCUT2D eigenvalue weighted by molar-refractivity contribution is 5.76. The van der Waals surface area contributed by atoms with E-state index in [-0.39, 0.29) is 0 Å². The zero-order chi connectivity index (χ0) is 13.9. The van der Waals surface area contributed by atoms with Gasteiger partial charge in [0.05, 0.1) is 0 Å². The van der Waals surface area contributed by atoms with Crippen molar-refractivity contribution in [2.75, 3.05) is 0 Å². The second-order valence-electron chi connectivity index (χ2n) is 5.57. The third-order valence-electron chi connectivity index (χ3n) is 3.71. The van der Waals surface area contributed by atoms with Crippen LogP contribution in [-0.4, -0.2) is 5.78 Å². The molecule has 0 fully saturated rings. The number of carbonyl (C=O) groups is 1. The molecule has 0 aliphatic rings. The van der Waals surface area contributed by atoms with Crippen LogP contribution in [0, 0.1) is 0 Å². The zero-order valence-electron chi connectivity index (χ0n) is 12.5. The lowest BCUT2D eigenvalue weighted by molar-refractivity contribution is -0.117. The van der Waals surface area contributed by atoms with Crippen LogP contribution in [0.1, 0.15) is 76.7 Å². The summed E-state index contributed by atoms with van der Waals surface area (Å²) in [5.41, 5.74) is 1.33. The van der Waals surface area contributed by atoms with Crippen LogP contribution in [-0.2, 0) is 4.79 Å². The molecule has 0 radical (unpaired) electrons. The highest BCUT2D eigenvalue weighted by Crippen LogP contribution is 2.26. The van der Waals surface area contributed by atoms with Gasteiger partial charge in [-0.3, -0.25) is 0 Å². The van der Waals surface area contributed by atoms with Gasteiger partial charge in [-0.2, -0.15) is 0 Å². The number of hydrogen-bond acceptors (Lipinski definition) is 1. The highest BCUT2D eigenvalue weighted by atomic mass is 16.1. The summed E-state index contributed by atoms with van der Waals surface area (Å²) in [5, 5.41) is 0. The minimum Gasteiger partial charge on any atom is -0.300 e. The molecule has 0 bridgehead atoms. The number of unbranched alkanes of at least 4 members (excludes halogenated alkanes) is 5. The van der Waals surface area contributed by atoms with Crippen molar-refractivity contribution < 1.29 is 4.79 Å². The van der Waals surface area contributed by atoms with Gasteiger partial charge in [0.2, 0.25) is 0 Å². The fraction of sp³-hybridized carbons (Fsp3) is 0.611. The maximum atomic E-state index is 11.4. The molecule has 1 aromatic carbocycles. The van der Waals surface area contributed by atoms with Crippen molar-refractivity contribution in [1.82, 2.24) is 0 Å². The lowest BCUT2D eigenvalue weighted by Gasteiger charge is -2.15. The largest absolute Gasteiger partial charge is 0.300 e. The van der Waals surface area contributed by atoms with E-state index in [1.807, 2.05) is 6.07 Å². The molecule has 0 amide bonds. The van der Waals surface area contributed by atoms with Gasteiger partial charge in [0.25, 0.3) is 0 Å². The Bertz CT molecular complexity index is 342. The van der Waals surface area contributed by atoms with Crippen LogP contribution in [0.4, 0.5) is 0 Å². The van der Waals surface area contributed by atoms with Gasteiger partial charge in [-0.1, -0.05) is 75.8 Å². The minimum absolute atomic E-state index is 0.305. The standard InChI is InChI=1S/C18H28O/c1-3-4-5-6-7-9-14-18(15-16(2)19)17-12-10-8-11-13-17/h8,10-13,18H,3-7,9,14-15H2,1-2H3. The molecule has 106 valence electrons. The zero-order valence-corrected chi connectivity index (χ0v) is 12.5. The van der Waals surface area contributed by atoms with Crippen LogP contribution in [0.2, 0.25) is 0 Å². The van der Waals surface area contributed by atoms with E-state index in [2.05, 4.69) is 31.2 Å². The molecular formula is C18H28O. The Labute approximate surface area is 118 Å². The minimum atomic E-state index is 0.305. The van der Waals surface area contributed by atoms with E-state index in [9.17, 15) is 4.79 Å². The van der Waals surface area contributed by atoms with Crippen LogP contribution < -0.4 is 0 Å². The van der Waals surface area contributed by atoms with Gasteiger partial charge in [0.15, 0.2) is 0 Å². The number of hydrogen-bond donors (Lipinski definition) is 0. The molecule has 1 heteroatoms. The summed E-state index contributed by atoms with van der Waals surface area (Å²) in [5.74, 6) is 0.727. The summed E-state index contributed by atoms with van der Waals surface area (Å²) in [6.45, 7) is 3.95. The predicted molar refractivity (Wildman–Crippen MR) is 82.5 cm³/mol. The van der Waals surface area contributed by atoms with E-state index < -0.39 is 0 Å². The van der Waals surface area contributed by atoms with Crippen LogP contribution in [0.25, 0.3) is 0 Å². The fourth-order valence-electron chi connectivity index (χ4n) is 2.63. The molecule has 0 aliphatic carbocycles. The molecule has 1 nitrogen and oxygen atoms in total. The molecular weight excluding hydrogens is 232 g/mol. The second kappa shape index (κ2) is 9.77. The summed E-state index contributed by atoms with van der Waals surface area (Å²) < 4.78 is 0. The summed E-state index contributed by atoms with van der Waals surface area (Å²) >= 11 is 0. The van der Waals surface area contributed by atoms with Gasteiger partial charge in [-0.05, 0) is 24.8 Å². The molecule has 1 atom stereocenters. The number of Topliss-reactive ketones (excluding diaryl/α,β-unsaturated/α-hetero) is 1. The van der Waals surface area contributed by atoms with Crippen molar-refractivity contribution in [2.24, 2.45) is 0 Å². The molecule has 1 rings (SSSR count). The first-order valence-electron chi connectivity index (χ1n) is 7.78. The fourth-order valence-corrected chi connectivity index (χ4v) is 2.63. The number of rotatable bonds is 10. The highest BCUT2D eigenvalue weighted by Gasteiger charge is 2.13. The summed E-state index contributed by atoms with van der Waals surface area (Å²) in [6, 6.07) is 10.5. The average molecular weight is 260 g/mol. The van der Waals surface area contributed by atoms with Gasteiger partial charge in [0.1, 0.15) is 5.78 Å². The Balaban J connectivity index is 2.36. The maximum Gasteiger partial charge on any atom is 0.130 e. The van der Waals surface area contributed by atoms with Crippen LogP contribution >= 0.6 is 0 Å². The Kier molecular flexibility index (Phi) is 8.20. The van der Waals surface area contributed by atoms with Crippen LogP contribution in [0.5, 0.6) is 0 Å². The molecule has 0 N–H and O–H groups in total. The number of ketones is 1. The van der Waals surface area contributed by atoms with Gasteiger partial charge >= 0.3 is 0 Å².